The number of amides is 2. The molecule has 0 aliphatic heterocycles. The van der Waals surface area contributed by atoms with Crippen molar-refractivity contribution in [3.8, 4) is 0 Å². The standard InChI is InChI=1S/C24H32ClN3O4S/c1-18(2)16-26-24(30)19(3)27(15-14-20-10-6-5-7-11-20)23(29)17-28(33(4,31)32)22-13-9-8-12-21(22)25/h5-13,18-19H,14-17H2,1-4H3,(H,26,30)/t19-/m0/s1. The number of sulfonamides is 1. The highest BCUT2D eigenvalue weighted by Gasteiger charge is 2.30. The second-order valence-electron chi connectivity index (χ2n) is 8.36. The number of nitrogens with one attached hydrogen (secondary N) is 1. The number of carbonyl (C=O) groups excluding carboxylic acids is 2. The quantitative estimate of drug-likeness (QED) is 0.520. The van der Waals surface area contributed by atoms with Gasteiger partial charge in [-0.25, -0.2) is 8.42 Å². The molecule has 1 atom stereocenters. The first kappa shape index (κ1) is 26.7. The number of nitrogens with zero attached hydrogens (tertiary/aromatic N) is 2. The van der Waals surface area contributed by atoms with E-state index >= 15 is 0 Å². The topological polar surface area (TPSA) is 86.8 Å². The van der Waals surface area contributed by atoms with Gasteiger partial charge in [-0.05, 0) is 37.0 Å². The molecule has 0 fully saturated rings. The van der Waals surface area contributed by atoms with Gasteiger partial charge in [0.05, 0.1) is 17.0 Å². The van der Waals surface area contributed by atoms with E-state index in [1.54, 1.807) is 31.2 Å². The normalized spacial score (nSPS) is 12.3. The van der Waals surface area contributed by atoms with E-state index in [9.17, 15) is 18.0 Å². The van der Waals surface area contributed by atoms with Crippen molar-refractivity contribution >= 4 is 39.1 Å². The molecule has 0 heterocycles. The fourth-order valence-electron chi connectivity index (χ4n) is 3.27. The summed E-state index contributed by atoms with van der Waals surface area (Å²) in [5.74, 6) is -0.507. The Morgan fingerprint density at radius 1 is 1.00 bits per heavy atom. The van der Waals surface area contributed by atoms with E-state index < -0.39 is 28.5 Å². The smallest absolute Gasteiger partial charge is 0.244 e. The third-order valence-electron chi connectivity index (χ3n) is 5.14. The molecule has 2 amide bonds. The van der Waals surface area contributed by atoms with Gasteiger partial charge in [-0.1, -0.05) is 67.9 Å². The first-order chi connectivity index (χ1) is 15.5. The maximum atomic E-state index is 13.4. The first-order valence-electron chi connectivity index (χ1n) is 10.8. The van der Waals surface area contributed by atoms with Crippen molar-refractivity contribution in [1.82, 2.24) is 10.2 Å². The molecule has 0 bridgehead atoms. The molecule has 0 unspecified atom stereocenters. The fraction of sp³-hybridized carbons (Fsp3) is 0.417. The van der Waals surface area contributed by atoms with Crippen LogP contribution in [0.25, 0.3) is 0 Å². The zero-order valence-corrected chi connectivity index (χ0v) is 21.1. The molecule has 0 aromatic heterocycles. The van der Waals surface area contributed by atoms with Gasteiger partial charge in [0.15, 0.2) is 0 Å². The van der Waals surface area contributed by atoms with E-state index in [0.717, 1.165) is 16.1 Å². The van der Waals surface area contributed by atoms with Gasteiger partial charge in [0.25, 0.3) is 0 Å². The lowest BCUT2D eigenvalue weighted by Crippen LogP contribution is -2.52. The van der Waals surface area contributed by atoms with Gasteiger partial charge in [0.1, 0.15) is 12.6 Å². The molecule has 0 aliphatic carbocycles. The Bertz CT molecular complexity index is 1040. The molecule has 1 N–H and O–H groups in total. The molecule has 2 aromatic rings. The minimum atomic E-state index is -3.80. The highest BCUT2D eigenvalue weighted by molar-refractivity contribution is 7.92. The SMILES string of the molecule is CC(C)CNC(=O)[C@H](C)N(CCc1ccccc1)C(=O)CN(c1ccccc1Cl)S(C)(=O)=O. The Balaban J connectivity index is 2.29. The van der Waals surface area contributed by atoms with Crippen molar-refractivity contribution in [2.75, 3.05) is 30.2 Å². The van der Waals surface area contributed by atoms with Crippen LogP contribution in [0.5, 0.6) is 0 Å². The Morgan fingerprint density at radius 3 is 2.18 bits per heavy atom. The van der Waals surface area contributed by atoms with Crippen LogP contribution in [0.2, 0.25) is 5.02 Å². The van der Waals surface area contributed by atoms with Crippen LogP contribution < -0.4 is 9.62 Å². The predicted octanol–water partition coefficient (Wildman–Crippen LogP) is 3.34. The number of halogens is 1. The largest absolute Gasteiger partial charge is 0.354 e. The molecule has 0 spiro atoms. The number of carbonyl (C=O) groups is 2. The second kappa shape index (κ2) is 12.0. The lowest BCUT2D eigenvalue weighted by Gasteiger charge is -2.31. The number of para-hydroxylation sites is 1. The summed E-state index contributed by atoms with van der Waals surface area (Å²) in [6.07, 6.45) is 1.55. The Hall–Kier alpha value is -2.58. The number of hydrogen-bond acceptors (Lipinski definition) is 4. The van der Waals surface area contributed by atoms with Crippen LogP contribution in [-0.2, 0) is 26.0 Å². The van der Waals surface area contributed by atoms with Crippen LogP contribution in [-0.4, -0.2) is 57.1 Å². The number of rotatable bonds is 11. The van der Waals surface area contributed by atoms with Gasteiger partial charge in [-0.2, -0.15) is 0 Å². The van der Waals surface area contributed by atoms with Gasteiger partial charge in [-0.3, -0.25) is 13.9 Å². The van der Waals surface area contributed by atoms with Crippen LogP contribution in [0.15, 0.2) is 54.6 Å². The molecule has 2 rings (SSSR count). The maximum Gasteiger partial charge on any atom is 0.244 e. The van der Waals surface area contributed by atoms with Crippen molar-refractivity contribution < 1.29 is 18.0 Å². The predicted molar refractivity (Wildman–Crippen MR) is 133 cm³/mol. The van der Waals surface area contributed by atoms with Gasteiger partial charge < -0.3 is 10.2 Å². The lowest BCUT2D eigenvalue weighted by atomic mass is 10.1. The molecular formula is C24H32ClN3O4S. The van der Waals surface area contributed by atoms with Crippen LogP contribution in [0.1, 0.15) is 26.3 Å². The summed E-state index contributed by atoms with van der Waals surface area (Å²) in [5.41, 5.74) is 1.23. The zero-order chi connectivity index (χ0) is 24.6. The van der Waals surface area contributed by atoms with Crippen LogP contribution in [0.4, 0.5) is 5.69 Å². The summed E-state index contributed by atoms with van der Waals surface area (Å²) in [6.45, 7) is 5.91. The molecule has 7 nitrogen and oxygen atoms in total. The summed E-state index contributed by atoms with van der Waals surface area (Å²) >= 11 is 6.22. The average molecular weight is 494 g/mol. The summed E-state index contributed by atoms with van der Waals surface area (Å²) in [7, 11) is -3.80. The minimum Gasteiger partial charge on any atom is -0.354 e. The molecule has 0 radical (unpaired) electrons. The minimum absolute atomic E-state index is 0.217. The summed E-state index contributed by atoms with van der Waals surface area (Å²) in [5, 5.41) is 3.07. The third-order valence-corrected chi connectivity index (χ3v) is 6.58. The summed E-state index contributed by atoms with van der Waals surface area (Å²) in [6, 6.07) is 15.3. The molecule has 0 aliphatic rings. The lowest BCUT2D eigenvalue weighted by molar-refractivity contribution is -0.138. The Labute approximate surface area is 201 Å². The van der Waals surface area contributed by atoms with Gasteiger partial charge >= 0.3 is 0 Å². The molecule has 2 aromatic carbocycles. The van der Waals surface area contributed by atoms with Crippen molar-refractivity contribution in [2.24, 2.45) is 5.92 Å². The zero-order valence-electron chi connectivity index (χ0n) is 19.5. The molecule has 0 saturated heterocycles. The van der Waals surface area contributed by atoms with E-state index in [1.807, 2.05) is 44.2 Å². The van der Waals surface area contributed by atoms with Crippen molar-refractivity contribution in [1.29, 1.82) is 0 Å². The molecule has 180 valence electrons. The monoisotopic (exact) mass is 493 g/mol. The highest BCUT2D eigenvalue weighted by Crippen LogP contribution is 2.27. The van der Waals surface area contributed by atoms with Crippen molar-refractivity contribution in [3.05, 3.63) is 65.2 Å². The van der Waals surface area contributed by atoms with Crippen LogP contribution in [0.3, 0.4) is 0 Å². The third kappa shape index (κ3) is 8.05. The summed E-state index contributed by atoms with van der Waals surface area (Å²) < 4.78 is 26.0. The average Bonchev–Trinajstić information content (AvgIpc) is 2.76. The number of anilines is 1. The van der Waals surface area contributed by atoms with E-state index in [4.69, 9.17) is 11.6 Å². The van der Waals surface area contributed by atoms with E-state index in [-0.39, 0.29) is 29.1 Å². The van der Waals surface area contributed by atoms with Crippen molar-refractivity contribution in [3.63, 3.8) is 0 Å². The number of benzene rings is 2. The molecule has 33 heavy (non-hydrogen) atoms. The number of hydrogen-bond donors (Lipinski definition) is 1. The Kier molecular flexibility index (Phi) is 9.73. The highest BCUT2D eigenvalue weighted by atomic mass is 35.5. The van der Waals surface area contributed by atoms with Crippen LogP contribution >= 0.6 is 11.6 Å². The van der Waals surface area contributed by atoms with Gasteiger partial charge in [-0.15, -0.1) is 0 Å². The first-order valence-corrected chi connectivity index (χ1v) is 13.1. The van der Waals surface area contributed by atoms with E-state index in [1.165, 1.54) is 4.90 Å². The Morgan fingerprint density at radius 2 is 1.61 bits per heavy atom. The van der Waals surface area contributed by atoms with Gasteiger partial charge in [0, 0.05) is 13.1 Å². The molecule has 0 saturated carbocycles. The van der Waals surface area contributed by atoms with E-state index in [2.05, 4.69) is 5.32 Å². The second-order valence-corrected chi connectivity index (χ2v) is 10.7. The summed E-state index contributed by atoms with van der Waals surface area (Å²) in [4.78, 5) is 27.6. The van der Waals surface area contributed by atoms with Crippen LogP contribution in [0, 0.1) is 5.92 Å². The fourth-order valence-corrected chi connectivity index (χ4v) is 4.42. The van der Waals surface area contributed by atoms with E-state index in [0.29, 0.717) is 13.0 Å². The molecular weight excluding hydrogens is 462 g/mol. The van der Waals surface area contributed by atoms with Gasteiger partial charge in [0.2, 0.25) is 21.8 Å². The molecule has 9 heteroatoms. The maximum absolute atomic E-state index is 13.4. The van der Waals surface area contributed by atoms with Crippen molar-refractivity contribution in [2.45, 2.75) is 33.2 Å².